The average Bonchev–Trinajstić information content (AvgIpc) is 2.82. The van der Waals surface area contributed by atoms with Crippen LogP contribution in [0.4, 0.5) is 5.82 Å². The monoisotopic (exact) mass is 249 g/mol. The van der Waals surface area contributed by atoms with Crippen molar-refractivity contribution in [1.29, 1.82) is 0 Å². The van der Waals surface area contributed by atoms with Crippen molar-refractivity contribution in [3.63, 3.8) is 0 Å². The Hall–Kier alpha value is -2.64. The average molecular weight is 249 g/mol. The molecule has 18 heavy (non-hydrogen) atoms. The van der Waals surface area contributed by atoms with E-state index in [4.69, 9.17) is 5.11 Å². The Kier molecular flexibility index (Phi) is 3.37. The number of hydrogen-bond acceptors (Lipinski definition) is 5. The Morgan fingerprint density at radius 1 is 1.33 bits per heavy atom. The highest BCUT2D eigenvalue weighted by atomic mass is 16.4. The molecule has 0 spiro atoms. The van der Waals surface area contributed by atoms with Gasteiger partial charge in [0.25, 0.3) is 0 Å². The Labute approximate surface area is 102 Å². The van der Waals surface area contributed by atoms with Gasteiger partial charge in [-0.25, -0.2) is 9.50 Å². The Morgan fingerprint density at radius 3 is 2.94 bits per heavy atom. The highest BCUT2D eigenvalue weighted by Crippen LogP contribution is 2.11. The van der Waals surface area contributed by atoms with Crippen molar-refractivity contribution in [2.75, 3.05) is 18.4 Å². The van der Waals surface area contributed by atoms with E-state index >= 15 is 0 Å². The predicted octanol–water partition coefficient (Wildman–Crippen LogP) is -0.658. The number of rotatable bonds is 5. The Morgan fingerprint density at radius 2 is 2.17 bits per heavy atom. The number of carboxylic acids is 1. The minimum absolute atomic E-state index is 0.0505. The van der Waals surface area contributed by atoms with Crippen LogP contribution in [-0.2, 0) is 9.59 Å². The topological polar surface area (TPSA) is 109 Å². The number of aliphatic carboxylic acids is 1. The number of fused-ring (bicyclic) bond motifs is 1. The summed E-state index contributed by atoms with van der Waals surface area (Å²) in [6, 6.07) is 1.75. The second-order valence-electron chi connectivity index (χ2n) is 3.46. The van der Waals surface area contributed by atoms with Gasteiger partial charge < -0.3 is 15.7 Å². The van der Waals surface area contributed by atoms with E-state index in [2.05, 4.69) is 20.7 Å². The molecule has 2 aromatic heterocycles. The smallest absolute Gasteiger partial charge is 0.322 e. The summed E-state index contributed by atoms with van der Waals surface area (Å²) in [7, 11) is 0. The first-order valence-corrected chi connectivity index (χ1v) is 5.17. The standard InChI is InChI=1S/C10H11N5O3/c16-8(12-6-9(17)18)5-13-10-7-1-2-14-15(7)4-3-11-10/h1-4H,5-6H2,(H,11,13)(H,12,16)(H,17,18). The van der Waals surface area contributed by atoms with Crippen LogP contribution >= 0.6 is 0 Å². The van der Waals surface area contributed by atoms with E-state index in [1.807, 2.05) is 0 Å². The SMILES string of the molecule is O=C(O)CNC(=O)CNc1nccn2nccc12. The van der Waals surface area contributed by atoms with Crippen LogP contribution in [0, 0.1) is 0 Å². The fourth-order valence-corrected chi connectivity index (χ4v) is 1.39. The van der Waals surface area contributed by atoms with Crippen LogP contribution in [0.5, 0.6) is 0 Å². The van der Waals surface area contributed by atoms with E-state index in [0.29, 0.717) is 5.82 Å². The predicted molar refractivity (Wildman–Crippen MR) is 62.1 cm³/mol. The molecule has 8 nitrogen and oxygen atoms in total. The van der Waals surface area contributed by atoms with Crippen LogP contribution in [-0.4, -0.2) is 44.7 Å². The van der Waals surface area contributed by atoms with Gasteiger partial charge in [-0.3, -0.25) is 9.59 Å². The lowest BCUT2D eigenvalue weighted by molar-refractivity contribution is -0.137. The second kappa shape index (κ2) is 5.13. The van der Waals surface area contributed by atoms with Gasteiger partial charge in [-0.15, -0.1) is 0 Å². The zero-order valence-corrected chi connectivity index (χ0v) is 9.33. The van der Waals surface area contributed by atoms with Gasteiger partial charge in [-0.1, -0.05) is 0 Å². The van der Waals surface area contributed by atoms with Crippen molar-refractivity contribution in [3.8, 4) is 0 Å². The molecule has 0 bridgehead atoms. The van der Waals surface area contributed by atoms with E-state index in [9.17, 15) is 9.59 Å². The summed E-state index contributed by atoms with van der Waals surface area (Å²) in [5, 5.41) is 17.5. The van der Waals surface area contributed by atoms with Crippen LogP contribution < -0.4 is 10.6 Å². The van der Waals surface area contributed by atoms with Gasteiger partial charge in [-0.2, -0.15) is 5.10 Å². The number of anilines is 1. The molecule has 2 heterocycles. The minimum atomic E-state index is -1.08. The normalized spacial score (nSPS) is 10.2. The van der Waals surface area contributed by atoms with Gasteiger partial charge in [-0.05, 0) is 6.07 Å². The summed E-state index contributed by atoms with van der Waals surface area (Å²) in [5.74, 6) is -0.986. The molecule has 2 aromatic rings. The Bertz CT molecular complexity index is 580. The van der Waals surface area contributed by atoms with E-state index in [1.165, 1.54) is 0 Å². The third-order valence-corrected chi connectivity index (χ3v) is 2.18. The zero-order valence-electron chi connectivity index (χ0n) is 9.33. The maximum Gasteiger partial charge on any atom is 0.322 e. The molecule has 0 aromatic carbocycles. The summed E-state index contributed by atoms with van der Waals surface area (Å²) < 4.78 is 1.62. The fourth-order valence-electron chi connectivity index (χ4n) is 1.39. The number of nitrogens with zero attached hydrogens (tertiary/aromatic N) is 3. The largest absolute Gasteiger partial charge is 0.480 e. The first kappa shape index (κ1) is 11.8. The molecular weight excluding hydrogens is 238 g/mol. The molecule has 0 radical (unpaired) electrons. The molecule has 0 atom stereocenters. The van der Waals surface area contributed by atoms with Crippen molar-refractivity contribution >= 4 is 23.2 Å². The number of amides is 1. The Balaban J connectivity index is 1.96. The molecule has 0 unspecified atom stereocenters. The zero-order chi connectivity index (χ0) is 13.0. The summed E-state index contributed by atoms with van der Waals surface area (Å²) in [6.45, 7) is -0.448. The highest BCUT2D eigenvalue weighted by molar-refractivity contribution is 5.85. The molecule has 3 N–H and O–H groups in total. The van der Waals surface area contributed by atoms with Gasteiger partial charge in [0.2, 0.25) is 5.91 Å². The van der Waals surface area contributed by atoms with Crippen LogP contribution in [0.15, 0.2) is 24.7 Å². The minimum Gasteiger partial charge on any atom is -0.480 e. The molecule has 0 saturated carbocycles. The molecule has 0 fully saturated rings. The van der Waals surface area contributed by atoms with Gasteiger partial charge in [0, 0.05) is 12.4 Å². The van der Waals surface area contributed by atoms with Crippen molar-refractivity contribution in [2.24, 2.45) is 0 Å². The van der Waals surface area contributed by atoms with E-state index < -0.39 is 18.4 Å². The molecule has 94 valence electrons. The van der Waals surface area contributed by atoms with E-state index in [1.54, 1.807) is 29.2 Å². The quantitative estimate of drug-likeness (QED) is 0.649. The van der Waals surface area contributed by atoms with Crippen LogP contribution in [0.3, 0.4) is 0 Å². The molecule has 1 amide bonds. The van der Waals surface area contributed by atoms with Gasteiger partial charge >= 0.3 is 5.97 Å². The summed E-state index contributed by atoms with van der Waals surface area (Å²) in [4.78, 5) is 25.6. The molecular formula is C10H11N5O3. The van der Waals surface area contributed by atoms with Crippen LogP contribution in [0.25, 0.3) is 5.52 Å². The maximum absolute atomic E-state index is 11.3. The molecule has 0 saturated heterocycles. The number of aromatic nitrogens is 3. The lowest BCUT2D eigenvalue weighted by Crippen LogP contribution is -2.34. The first-order valence-electron chi connectivity index (χ1n) is 5.17. The lowest BCUT2D eigenvalue weighted by atomic mass is 10.4. The van der Waals surface area contributed by atoms with Crippen LogP contribution in [0.1, 0.15) is 0 Å². The third kappa shape index (κ3) is 2.73. The molecule has 0 aliphatic heterocycles. The van der Waals surface area contributed by atoms with Gasteiger partial charge in [0.15, 0.2) is 5.82 Å². The van der Waals surface area contributed by atoms with E-state index in [0.717, 1.165) is 5.52 Å². The number of carbonyl (C=O) groups is 2. The molecule has 0 aliphatic carbocycles. The number of carbonyl (C=O) groups excluding carboxylic acids is 1. The lowest BCUT2D eigenvalue weighted by Gasteiger charge is -2.06. The van der Waals surface area contributed by atoms with Crippen molar-refractivity contribution < 1.29 is 14.7 Å². The number of nitrogens with one attached hydrogen (secondary N) is 2. The fraction of sp³-hybridized carbons (Fsp3) is 0.200. The van der Waals surface area contributed by atoms with Crippen molar-refractivity contribution in [3.05, 3.63) is 24.7 Å². The molecule has 8 heteroatoms. The third-order valence-electron chi connectivity index (χ3n) is 2.18. The second-order valence-corrected chi connectivity index (χ2v) is 3.46. The highest BCUT2D eigenvalue weighted by Gasteiger charge is 2.06. The molecule has 0 aliphatic rings. The summed E-state index contributed by atoms with van der Waals surface area (Å²) in [6.07, 6.45) is 4.86. The van der Waals surface area contributed by atoms with Crippen LogP contribution in [0.2, 0.25) is 0 Å². The summed E-state index contributed by atoms with van der Waals surface area (Å²) in [5.41, 5.74) is 0.739. The molecule has 2 rings (SSSR count). The van der Waals surface area contributed by atoms with Crippen molar-refractivity contribution in [2.45, 2.75) is 0 Å². The maximum atomic E-state index is 11.3. The van der Waals surface area contributed by atoms with E-state index in [-0.39, 0.29) is 6.54 Å². The number of hydrogen-bond donors (Lipinski definition) is 3. The van der Waals surface area contributed by atoms with Gasteiger partial charge in [0.1, 0.15) is 12.1 Å². The summed E-state index contributed by atoms with van der Waals surface area (Å²) >= 11 is 0. The number of carboxylic acid groups (broad SMARTS) is 1. The van der Waals surface area contributed by atoms with Crippen molar-refractivity contribution in [1.82, 2.24) is 19.9 Å². The van der Waals surface area contributed by atoms with Gasteiger partial charge in [0.05, 0.1) is 12.7 Å². The first-order chi connectivity index (χ1) is 8.66.